The molecule has 25 heavy (non-hydrogen) atoms. The first-order valence-electron chi connectivity index (χ1n) is 8.04. The number of amides is 2. The molecule has 0 aliphatic carbocycles. The molecular formula is C18H19FN4O2. The maximum Gasteiger partial charge on any atom is 0.247 e. The first kappa shape index (κ1) is 17.0. The van der Waals surface area contributed by atoms with E-state index in [-0.39, 0.29) is 24.1 Å². The van der Waals surface area contributed by atoms with Crippen LogP contribution in [-0.4, -0.2) is 28.9 Å². The topological polar surface area (TPSA) is 97.1 Å². The lowest BCUT2D eigenvalue weighted by Gasteiger charge is -2.25. The monoisotopic (exact) mass is 342 g/mol. The molecule has 6 nitrogen and oxygen atoms in total. The van der Waals surface area contributed by atoms with Crippen LogP contribution in [0.25, 0.3) is 0 Å². The van der Waals surface area contributed by atoms with E-state index in [0.29, 0.717) is 12.8 Å². The molecule has 0 saturated carbocycles. The smallest absolute Gasteiger partial charge is 0.247 e. The van der Waals surface area contributed by atoms with Gasteiger partial charge in [-0.25, -0.2) is 4.39 Å². The molecular weight excluding hydrogens is 323 g/mol. The predicted octanol–water partition coefficient (Wildman–Crippen LogP) is 1.16. The lowest BCUT2D eigenvalue weighted by atomic mass is 10.00. The van der Waals surface area contributed by atoms with Crippen LogP contribution in [0.15, 0.2) is 42.7 Å². The Labute approximate surface area is 144 Å². The van der Waals surface area contributed by atoms with Crippen molar-refractivity contribution in [2.45, 2.75) is 31.3 Å². The highest BCUT2D eigenvalue weighted by molar-refractivity contribution is 5.99. The highest BCUT2D eigenvalue weighted by atomic mass is 19.1. The lowest BCUT2D eigenvalue weighted by Crippen LogP contribution is -2.48. The molecule has 1 aromatic heterocycles. The Morgan fingerprint density at radius 1 is 1.36 bits per heavy atom. The number of benzene rings is 1. The summed E-state index contributed by atoms with van der Waals surface area (Å²) >= 11 is 0. The fraction of sp³-hybridized carbons (Fsp3) is 0.278. The van der Waals surface area contributed by atoms with E-state index >= 15 is 0 Å². The molecule has 2 amide bonds. The Morgan fingerprint density at radius 2 is 2.12 bits per heavy atom. The van der Waals surface area contributed by atoms with E-state index < -0.39 is 12.1 Å². The number of aromatic nitrogens is 1. The number of pyridine rings is 1. The number of nitrogens with zero attached hydrogens (tertiary/aromatic N) is 1. The van der Waals surface area contributed by atoms with Gasteiger partial charge in [0.15, 0.2) is 0 Å². The van der Waals surface area contributed by atoms with Crippen molar-refractivity contribution < 1.29 is 14.0 Å². The molecule has 0 spiro atoms. The zero-order valence-corrected chi connectivity index (χ0v) is 13.5. The van der Waals surface area contributed by atoms with Crippen LogP contribution >= 0.6 is 0 Å². The van der Waals surface area contributed by atoms with Gasteiger partial charge in [0.2, 0.25) is 11.8 Å². The summed E-state index contributed by atoms with van der Waals surface area (Å²) in [6.45, 7) is 0. The number of hydrogen-bond donors (Lipinski definition) is 3. The second-order valence-electron chi connectivity index (χ2n) is 6.14. The molecule has 3 rings (SSSR count). The largest absolute Gasteiger partial charge is 0.344 e. The number of fused-ring (bicyclic) bond motifs is 1. The predicted molar refractivity (Wildman–Crippen MR) is 91.2 cm³/mol. The fourth-order valence-electron chi connectivity index (χ4n) is 2.85. The number of rotatable bonds is 5. The highest BCUT2D eigenvalue weighted by Gasteiger charge is 2.27. The van der Waals surface area contributed by atoms with Crippen LogP contribution in [0, 0.1) is 5.82 Å². The van der Waals surface area contributed by atoms with Gasteiger partial charge in [-0.2, -0.15) is 0 Å². The minimum absolute atomic E-state index is 0.0844. The SMILES string of the molecule is NC(CC(=O)N[C@@H]1Cc2cnccc2NC1=O)Cc1ccc(F)cc1. The van der Waals surface area contributed by atoms with Crippen LogP contribution in [0.5, 0.6) is 0 Å². The summed E-state index contributed by atoms with van der Waals surface area (Å²) in [6, 6.07) is 6.69. The molecule has 1 aliphatic rings. The summed E-state index contributed by atoms with van der Waals surface area (Å²) in [4.78, 5) is 28.3. The quantitative estimate of drug-likeness (QED) is 0.759. The zero-order valence-electron chi connectivity index (χ0n) is 13.5. The maximum absolute atomic E-state index is 12.9. The Bertz CT molecular complexity index is 779. The molecule has 7 heteroatoms. The molecule has 0 saturated heterocycles. The number of carbonyl (C=O) groups excluding carboxylic acids is 2. The molecule has 4 N–H and O–H groups in total. The van der Waals surface area contributed by atoms with Crippen molar-refractivity contribution in [3.05, 3.63) is 59.7 Å². The Hall–Kier alpha value is -2.80. The van der Waals surface area contributed by atoms with E-state index in [4.69, 9.17) is 5.73 Å². The molecule has 2 atom stereocenters. The van der Waals surface area contributed by atoms with Crippen molar-refractivity contribution in [3.8, 4) is 0 Å². The van der Waals surface area contributed by atoms with Crippen molar-refractivity contribution in [2.24, 2.45) is 5.73 Å². The summed E-state index contributed by atoms with van der Waals surface area (Å²) in [5.74, 6) is -0.852. The molecule has 2 heterocycles. The Morgan fingerprint density at radius 3 is 2.88 bits per heavy atom. The fourth-order valence-corrected chi connectivity index (χ4v) is 2.85. The minimum Gasteiger partial charge on any atom is -0.344 e. The summed E-state index contributed by atoms with van der Waals surface area (Å²) in [5.41, 5.74) is 8.45. The maximum atomic E-state index is 12.9. The summed E-state index contributed by atoms with van der Waals surface area (Å²) in [5, 5.41) is 5.47. The number of halogens is 1. The van der Waals surface area contributed by atoms with Gasteiger partial charge < -0.3 is 16.4 Å². The van der Waals surface area contributed by atoms with Gasteiger partial charge in [-0.15, -0.1) is 0 Å². The van der Waals surface area contributed by atoms with Crippen LogP contribution in [-0.2, 0) is 22.4 Å². The lowest BCUT2D eigenvalue weighted by molar-refractivity contribution is -0.126. The first-order valence-corrected chi connectivity index (χ1v) is 8.04. The number of nitrogens with two attached hydrogens (primary N) is 1. The van der Waals surface area contributed by atoms with Gasteiger partial charge in [-0.05, 0) is 35.7 Å². The van der Waals surface area contributed by atoms with Crippen molar-refractivity contribution in [2.75, 3.05) is 5.32 Å². The minimum atomic E-state index is -0.637. The van der Waals surface area contributed by atoms with E-state index in [1.165, 1.54) is 12.1 Å². The molecule has 0 fully saturated rings. The van der Waals surface area contributed by atoms with Gasteiger partial charge in [0.1, 0.15) is 11.9 Å². The van der Waals surface area contributed by atoms with Crippen LogP contribution in [0.2, 0.25) is 0 Å². The number of carbonyl (C=O) groups is 2. The summed E-state index contributed by atoms with van der Waals surface area (Å²) in [7, 11) is 0. The van der Waals surface area contributed by atoms with Gasteiger partial charge in [0.25, 0.3) is 0 Å². The second kappa shape index (κ2) is 7.40. The van der Waals surface area contributed by atoms with E-state index in [9.17, 15) is 14.0 Å². The molecule has 130 valence electrons. The molecule has 1 unspecified atom stereocenters. The third kappa shape index (κ3) is 4.39. The highest BCUT2D eigenvalue weighted by Crippen LogP contribution is 2.20. The standard InChI is InChI=1S/C18H19FN4O2/c19-13-3-1-11(2-4-13)7-14(20)9-17(24)22-16-8-12-10-21-6-5-15(12)23-18(16)25/h1-6,10,14,16H,7-9,20H2,(H,22,24)(H,23,25)/t14?,16-/m1/s1. The van der Waals surface area contributed by atoms with E-state index in [1.807, 2.05) is 0 Å². The van der Waals surface area contributed by atoms with Gasteiger partial charge >= 0.3 is 0 Å². The van der Waals surface area contributed by atoms with E-state index in [0.717, 1.165) is 16.8 Å². The molecule has 1 aliphatic heterocycles. The van der Waals surface area contributed by atoms with Crippen LogP contribution in [0.4, 0.5) is 10.1 Å². The molecule has 1 aromatic carbocycles. The normalized spacial score (nSPS) is 17.4. The Balaban J connectivity index is 1.53. The van der Waals surface area contributed by atoms with Crippen molar-refractivity contribution in [1.82, 2.24) is 10.3 Å². The first-order chi connectivity index (χ1) is 12.0. The van der Waals surface area contributed by atoms with Gasteiger partial charge in [0, 0.05) is 37.0 Å². The van der Waals surface area contributed by atoms with Crippen LogP contribution < -0.4 is 16.4 Å². The van der Waals surface area contributed by atoms with Crippen molar-refractivity contribution in [1.29, 1.82) is 0 Å². The van der Waals surface area contributed by atoms with Gasteiger partial charge in [0.05, 0.1) is 0 Å². The number of hydrogen-bond acceptors (Lipinski definition) is 4. The third-order valence-electron chi connectivity index (χ3n) is 4.10. The summed E-state index contributed by atoms with van der Waals surface area (Å²) in [6.07, 6.45) is 4.22. The van der Waals surface area contributed by atoms with Gasteiger partial charge in [-0.3, -0.25) is 14.6 Å². The zero-order chi connectivity index (χ0) is 17.8. The second-order valence-corrected chi connectivity index (χ2v) is 6.14. The number of nitrogens with one attached hydrogen (secondary N) is 2. The molecule has 0 radical (unpaired) electrons. The van der Waals surface area contributed by atoms with Crippen molar-refractivity contribution in [3.63, 3.8) is 0 Å². The third-order valence-corrected chi connectivity index (χ3v) is 4.10. The van der Waals surface area contributed by atoms with Crippen LogP contribution in [0.1, 0.15) is 17.5 Å². The average molecular weight is 342 g/mol. The van der Waals surface area contributed by atoms with E-state index in [2.05, 4.69) is 15.6 Å². The number of anilines is 1. The van der Waals surface area contributed by atoms with Crippen molar-refractivity contribution >= 4 is 17.5 Å². The molecule has 2 aromatic rings. The Kier molecular flexibility index (Phi) is 5.04. The van der Waals surface area contributed by atoms with E-state index in [1.54, 1.807) is 30.6 Å². The summed E-state index contributed by atoms with van der Waals surface area (Å²) < 4.78 is 12.9. The molecule has 0 bridgehead atoms. The van der Waals surface area contributed by atoms with Crippen LogP contribution in [0.3, 0.4) is 0 Å². The van der Waals surface area contributed by atoms with Gasteiger partial charge in [-0.1, -0.05) is 12.1 Å². The average Bonchev–Trinajstić information content (AvgIpc) is 2.57.